The fourth-order valence-corrected chi connectivity index (χ4v) is 3.30. The molecule has 1 aliphatic carbocycles. The average molecular weight is 267 g/mol. The molecule has 0 spiro atoms. The molecule has 0 saturated heterocycles. The van der Waals surface area contributed by atoms with Gasteiger partial charge in [-0.3, -0.25) is 9.78 Å². The zero-order valence-electron chi connectivity index (χ0n) is 11.4. The smallest absolute Gasteiger partial charge is 0.274 e. The molecule has 0 aromatic carbocycles. The number of H-pyrrole nitrogens is 1. The molecule has 0 radical (unpaired) electrons. The molecule has 4 heteroatoms. The van der Waals surface area contributed by atoms with E-state index in [2.05, 4.69) is 16.0 Å². The molecule has 4 nitrogen and oxygen atoms in total. The molecule has 1 N–H and O–H groups in total. The Bertz CT molecular complexity index is 651. The molecule has 2 aliphatic rings. The van der Waals surface area contributed by atoms with Gasteiger partial charge in [-0.15, -0.1) is 0 Å². The van der Waals surface area contributed by atoms with Crippen molar-refractivity contribution in [3.05, 3.63) is 47.0 Å². The summed E-state index contributed by atoms with van der Waals surface area (Å²) in [7, 11) is 0. The van der Waals surface area contributed by atoms with Crippen LogP contribution in [0, 0.1) is 0 Å². The summed E-state index contributed by atoms with van der Waals surface area (Å²) in [5.41, 5.74) is 5.50. The van der Waals surface area contributed by atoms with E-state index in [0.29, 0.717) is 0 Å². The first kappa shape index (κ1) is 11.7. The summed E-state index contributed by atoms with van der Waals surface area (Å²) < 4.78 is 0. The molecule has 0 atom stereocenters. The standard InChI is InChI=1S/C16H17N3O/c20-16(14-9-11-3-1-2-4-13(11)18-14)19-8-6-12-10-17-7-5-15(12)19/h5,7,9-10,18H,1-4,6,8H2. The molecule has 0 saturated carbocycles. The number of carbonyl (C=O) groups excluding carboxylic acids is 1. The third-order valence-corrected chi connectivity index (χ3v) is 4.36. The molecule has 1 amide bonds. The molecule has 2 aromatic rings. The number of nitrogens with zero attached hydrogens (tertiary/aromatic N) is 2. The third kappa shape index (κ3) is 1.75. The number of fused-ring (bicyclic) bond motifs is 2. The zero-order chi connectivity index (χ0) is 13.5. The minimum absolute atomic E-state index is 0.0874. The maximum atomic E-state index is 12.7. The minimum Gasteiger partial charge on any atom is -0.354 e. The summed E-state index contributed by atoms with van der Waals surface area (Å²) in [6.45, 7) is 0.754. The van der Waals surface area contributed by atoms with E-state index in [1.807, 2.05) is 17.2 Å². The van der Waals surface area contributed by atoms with Gasteiger partial charge in [0, 0.05) is 24.6 Å². The van der Waals surface area contributed by atoms with Crippen molar-refractivity contribution in [2.45, 2.75) is 32.1 Å². The molecule has 1 aliphatic heterocycles. The highest BCUT2D eigenvalue weighted by atomic mass is 16.2. The summed E-state index contributed by atoms with van der Waals surface area (Å²) >= 11 is 0. The Morgan fingerprint density at radius 3 is 3.00 bits per heavy atom. The second-order valence-corrected chi connectivity index (χ2v) is 5.61. The summed E-state index contributed by atoms with van der Waals surface area (Å²) in [4.78, 5) is 22.0. The number of aryl methyl sites for hydroxylation is 2. The van der Waals surface area contributed by atoms with E-state index in [9.17, 15) is 4.79 Å². The maximum Gasteiger partial charge on any atom is 0.274 e. The van der Waals surface area contributed by atoms with Crippen LogP contribution in [0.5, 0.6) is 0 Å². The van der Waals surface area contributed by atoms with Gasteiger partial charge in [0.15, 0.2) is 0 Å². The van der Waals surface area contributed by atoms with Crippen LogP contribution in [0.4, 0.5) is 5.69 Å². The van der Waals surface area contributed by atoms with Gasteiger partial charge in [-0.05, 0) is 55.4 Å². The van der Waals surface area contributed by atoms with Crippen LogP contribution in [0.15, 0.2) is 24.5 Å². The Labute approximate surface area is 117 Å². The summed E-state index contributed by atoms with van der Waals surface area (Å²) in [6.07, 6.45) is 9.14. The van der Waals surface area contributed by atoms with Gasteiger partial charge in [0.05, 0.1) is 5.69 Å². The van der Waals surface area contributed by atoms with Crippen LogP contribution in [0.3, 0.4) is 0 Å². The first-order chi connectivity index (χ1) is 9.83. The summed E-state index contributed by atoms with van der Waals surface area (Å²) in [5.74, 6) is 0.0874. The predicted molar refractivity (Wildman–Crippen MR) is 77.1 cm³/mol. The molecule has 0 unspecified atom stereocenters. The second-order valence-electron chi connectivity index (χ2n) is 5.61. The highest BCUT2D eigenvalue weighted by molar-refractivity contribution is 6.06. The maximum absolute atomic E-state index is 12.7. The first-order valence-corrected chi connectivity index (χ1v) is 7.28. The van der Waals surface area contributed by atoms with Gasteiger partial charge in [0.2, 0.25) is 0 Å². The number of pyridine rings is 1. The van der Waals surface area contributed by atoms with Crippen molar-refractivity contribution in [2.24, 2.45) is 0 Å². The molecule has 4 rings (SSSR count). The Balaban J connectivity index is 1.67. The van der Waals surface area contributed by atoms with Crippen molar-refractivity contribution in [1.82, 2.24) is 9.97 Å². The predicted octanol–water partition coefficient (Wildman–Crippen LogP) is 2.49. The normalized spacial score (nSPS) is 16.9. The Hall–Kier alpha value is -2.10. The molecule has 0 fully saturated rings. The van der Waals surface area contributed by atoms with Crippen LogP contribution in [0.25, 0.3) is 0 Å². The van der Waals surface area contributed by atoms with Crippen LogP contribution in [0.1, 0.15) is 40.2 Å². The van der Waals surface area contributed by atoms with E-state index in [-0.39, 0.29) is 5.91 Å². The van der Waals surface area contributed by atoms with Crippen molar-refractivity contribution >= 4 is 11.6 Å². The van der Waals surface area contributed by atoms with Crippen LogP contribution in [-0.2, 0) is 19.3 Å². The van der Waals surface area contributed by atoms with Gasteiger partial charge >= 0.3 is 0 Å². The number of rotatable bonds is 1. The lowest BCUT2D eigenvalue weighted by atomic mass is 9.98. The van der Waals surface area contributed by atoms with E-state index < -0.39 is 0 Å². The van der Waals surface area contributed by atoms with Crippen LogP contribution in [0.2, 0.25) is 0 Å². The largest absolute Gasteiger partial charge is 0.354 e. The van der Waals surface area contributed by atoms with Crippen LogP contribution >= 0.6 is 0 Å². The lowest BCUT2D eigenvalue weighted by molar-refractivity contribution is 0.0985. The first-order valence-electron chi connectivity index (χ1n) is 7.28. The quantitative estimate of drug-likeness (QED) is 0.863. The number of hydrogen-bond acceptors (Lipinski definition) is 2. The number of amides is 1. The van der Waals surface area contributed by atoms with Gasteiger partial charge in [-0.1, -0.05) is 0 Å². The van der Waals surface area contributed by atoms with Crippen molar-refractivity contribution in [3.8, 4) is 0 Å². The van der Waals surface area contributed by atoms with E-state index in [1.165, 1.54) is 24.1 Å². The fraction of sp³-hybridized carbons (Fsp3) is 0.375. The van der Waals surface area contributed by atoms with E-state index in [4.69, 9.17) is 0 Å². The lowest BCUT2D eigenvalue weighted by Crippen LogP contribution is -2.29. The van der Waals surface area contributed by atoms with Gasteiger partial charge in [-0.25, -0.2) is 0 Å². The van der Waals surface area contributed by atoms with Gasteiger partial charge in [0.1, 0.15) is 5.69 Å². The number of nitrogens with one attached hydrogen (secondary N) is 1. The monoisotopic (exact) mass is 267 g/mol. The van der Waals surface area contributed by atoms with E-state index in [1.54, 1.807) is 6.20 Å². The van der Waals surface area contributed by atoms with Crippen LogP contribution in [-0.4, -0.2) is 22.4 Å². The molecular formula is C16H17N3O. The van der Waals surface area contributed by atoms with Crippen LogP contribution < -0.4 is 4.90 Å². The molecular weight excluding hydrogens is 250 g/mol. The van der Waals surface area contributed by atoms with Gasteiger partial charge in [-0.2, -0.15) is 0 Å². The molecule has 3 heterocycles. The second kappa shape index (κ2) is 4.47. The zero-order valence-corrected chi connectivity index (χ0v) is 11.4. The Morgan fingerprint density at radius 1 is 1.20 bits per heavy atom. The molecule has 0 bridgehead atoms. The number of aromatic amines is 1. The van der Waals surface area contributed by atoms with Gasteiger partial charge in [0.25, 0.3) is 5.91 Å². The highest BCUT2D eigenvalue weighted by Gasteiger charge is 2.27. The van der Waals surface area contributed by atoms with E-state index >= 15 is 0 Å². The van der Waals surface area contributed by atoms with E-state index in [0.717, 1.165) is 42.8 Å². The average Bonchev–Trinajstić information content (AvgIpc) is 3.10. The molecule has 2 aromatic heterocycles. The van der Waals surface area contributed by atoms with Crippen molar-refractivity contribution in [3.63, 3.8) is 0 Å². The summed E-state index contributed by atoms with van der Waals surface area (Å²) in [5, 5.41) is 0. The van der Waals surface area contributed by atoms with Crippen molar-refractivity contribution in [1.29, 1.82) is 0 Å². The van der Waals surface area contributed by atoms with Crippen molar-refractivity contribution < 1.29 is 4.79 Å². The lowest BCUT2D eigenvalue weighted by Gasteiger charge is -2.16. The number of anilines is 1. The number of hydrogen-bond donors (Lipinski definition) is 1. The number of aromatic nitrogens is 2. The topological polar surface area (TPSA) is 49.0 Å². The Morgan fingerprint density at radius 2 is 2.10 bits per heavy atom. The molecule has 20 heavy (non-hydrogen) atoms. The van der Waals surface area contributed by atoms with Gasteiger partial charge < -0.3 is 9.88 Å². The third-order valence-electron chi connectivity index (χ3n) is 4.36. The SMILES string of the molecule is O=C(c1cc2c([nH]1)CCCC2)N1CCc2cnccc21. The van der Waals surface area contributed by atoms with Crippen molar-refractivity contribution in [2.75, 3.05) is 11.4 Å². The highest BCUT2D eigenvalue weighted by Crippen LogP contribution is 2.29. The Kier molecular flexibility index (Phi) is 2.62. The molecule has 102 valence electrons. The fourth-order valence-electron chi connectivity index (χ4n) is 3.30. The number of carbonyl (C=O) groups is 1. The minimum atomic E-state index is 0.0874. The summed E-state index contributed by atoms with van der Waals surface area (Å²) in [6, 6.07) is 3.99.